The molecule has 1 aromatic rings. The number of benzene rings is 1. The molecule has 1 aromatic carbocycles. The number of halogens is 2. The normalized spacial score (nSPS) is 16.4. The van der Waals surface area contributed by atoms with Crippen molar-refractivity contribution in [3.05, 3.63) is 34.3 Å². The van der Waals surface area contributed by atoms with E-state index in [9.17, 15) is 14.4 Å². The number of amides is 2. The highest BCUT2D eigenvalue weighted by atomic mass is 35.5. The highest BCUT2D eigenvalue weighted by Crippen LogP contribution is 2.50. The van der Waals surface area contributed by atoms with Gasteiger partial charge in [-0.1, -0.05) is 29.3 Å². The summed E-state index contributed by atoms with van der Waals surface area (Å²) in [5, 5.41) is 1.36. The maximum atomic E-state index is 12.0. The molecule has 0 N–H and O–H groups in total. The maximum Gasteiger partial charge on any atom is 0.410 e. The largest absolute Gasteiger partial charge is 0.466 e. The van der Waals surface area contributed by atoms with E-state index in [1.54, 1.807) is 34.9 Å². The van der Waals surface area contributed by atoms with Crippen molar-refractivity contribution in [3.8, 4) is 0 Å². The molecule has 0 unspecified atom stereocenters. The molecule has 1 aliphatic carbocycles. The van der Waals surface area contributed by atoms with Crippen LogP contribution in [0.5, 0.6) is 0 Å². The molecule has 0 aromatic heterocycles. The van der Waals surface area contributed by atoms with Crippen LogP contribution in [0.4, 0.5) is 9.59 Å². The Hall–Kier alpha value is -2.19. The van der Waals surface area contributed by atoms with Crippen molar-refractivity contribution in [2.75, 3.05) is 33.4 Å². The van der Waals surface area contributed by atoms with Gasteiger partial charge in [0, 0.05) is 41.1 Å². The lowest BCUT2D eigenvalue weighted by Gasteiger charge is -2.60. The molecule has 1 aliphatic heterocycles. The van der Waals surface area contributed by atoms with Gasteiger partial charge in [-0.3, -0.25) is 4.79 Å². The molecular formula is C24H34Cl2N2O6. The Kier molecular flexibility index (Phi) is 9.88. The average molecular weight is 517 g/mol. The number of nitrogens with zero attached hydrogens (tertiary/aromatic N) is 2. The predicted molar refractivity (Wildman–Crippen MR) is 130 cm³/mol. The molecule has 1 spiro atoms. The molecule has 10 heteroatoms. The van der Waals surface area contributed by atoms with Crippen molar-refractivity contribution in [1.82, 2.24) is 9.80 Å². The highest BCUT2D eigenvalue weighted by Gasteiger charge is 2.56. The van der Waals surface area contributed by atoms with Gasteiger partial charge in [-0.2, -0.15) is 0 Å². The molecular weight excluding hydrogens is 483 g/mol. The first kappa shape index (κ1) is 28.1. The molecule has 1 saturated carbocycles. The van der Waals surface area contributed by atoms with Gasteiger partial charge in [0.05, 0.1) is 20.1 Å². The van der Waals surface area contributed by atoms with E-state index < -0.39 is 11.7 Å². The van der Waals surface area contributed by atoms with E-state index in [4.69, 9.17) is 37.4 Å². The van der Waals surface area contributed by atoms with Gasteiger partial charge < -0.3 is 24.0 Å². The van der Waals surface area contributed by atoms with Crippen LogP contribution >= 0.6 is 23.2 Å². The zero-order valence-corrected chi connectivity index (χ0v) is 21.9. The highest BCUT2D eigenvalue weighted by molar-refractivity contribution is 6.34. The molecule has 1 saturated heterocycles. The summed E-state index contributed by atoms with van der Waals surface area (Å²) in [4.78, 5) is 38.9. The van der Waals surface area contributed by atoms with Gasteiger partial charge in [0.1, 0.15) is 5.60 Å². The molecule has 1 heterocycles. The second-order valence-corrected chi connectivity index (χ2v) is 10.4. The van der Waals surface area contributed by atoms with Crippen LogP contribution in [-0.4, -0.2) is 72.9 Å². The Morgan fingerprint density at radius 1 is 1.15 bits per heavy atom. The van der Waals surface area contributed by atoms with Crippen LogP contribution in [0.2, 0.25) is 10.0 Å². The van der Waals surface area contributed by atoms with Gasteiger partial charge in [0.2, 0.25) is 0 Å². The third-order valence-corrected chi connectivity index (χ3v) is 6.01. The number of likely N-dealkylation sites (tertiary alicyclic amines) is 1. The van der Waals surface area contributed by atoms with Gasteiger partial charge in [-0.05, 0) is 58.7 Å². The standard InChI is InChI=1S/C18H30N2O6.C6H4Cl2/c1-6-25-14(21)7-8-20(16(23)24-5)13-9-18(10-13)11-19(12-18)15(22)26-17(2,3)4;7-5-2-1-3-6(8)4-5/h13H,6-12H2,1-5H3;1-4H. The number of ether oxygens (including phenoxy) is 3. The first-order chi connectivity index (χ1) is 15.9. The van der Waals surface area contributed by atoms with Gasteiger partial charge in [0.25, 0.3) is 0 Å². The van der Waals surface area contributed by atoms with E-state index in [0.29, 0.717) is 29.7 Å². The number of methoxy groups -OCH3 is 1. The van der Waals surface area contributed by atoms with Crippen molar-refractivity contribution >= 4 is 41.4 Å². The van der Waals surface area contributed by atoms with Crippen molar-refractivity contribution in [1.29, 1.82) is 0 Å². The monoisotopic (exact) mass is 516 g/mol. The molecule has 0 bridgehead atoms. The summed E-state index contributed by atoms with van der Waals surface area (Å²) in [6, 6.07) is 7.10. The van der Waals surface area contributed by atoms with E-state index in [-0.39, 0.29) is 36.5 Å². The molecule has 8 nitrogen and oxygen atoms in total. The van der Waals surface area contributed by atoms with E-state index >= 15 is 0 Å². The van der Waals surface area contributed by atoms with E-state index in [0.717, 1.165) is 12.8 Å². The Labute approximate surface area is 211 Å². The van der Waals surface area contributed by atoms with Crippen LogP contribution < -0.4 is 0 Å². The lowest BCUT2D eigenvalue weighted by atomic mass is 9.60. The van der Waals surface area contributed by atoms with Gasteiger partial charge in [-0.15, -0.1) is 0 Å². The van der Waals surface area contributed by atoms with Crippen LogP contribution in [0.1, 0.15) is 47.0 Å². The van der Waals surface area contributed by atoms with Crippen LogP contribution in [0.25, 0.3) is 0 Å². The summed E-state index contributed by atoms with van der Waals surface area (Å²) in [7, 11) is 1.34. The Morgan fingerprint density at radius 2 is 1.74 bits per heavy atom. The van der Waals surface area contributed by atoms with Crippen LogP contribution in [0.3, 0.4) is 0 Å². The SMILES string of the molecule is CCOC(=O)CCN(C(=O)OC)C1CC2(C1)CN(C(=O)OC(C)(C)C)C2.Clc1cccc(Cl)c1. The number of esters is 1. The van der Waals surface area contributed by atoms with Crippen molar-refractivity contribution in [2.45, 2.75) is 58.6 Å². The molecule has 190 valence electrons. The quantitative estimate of drug-likeness (QED) is 0.384. The number of hydrogen-bond acceptors (Lipinski definition) is 6. The molecule has 0 radical (unpaired) electrons. The lowest BCUT2D eigenvalue weighted by molar-refractivity contribution is -0.144. The van der Waals surface area contributed by atoms with Crippen molar-refractivity contribution in [2.24, 2.45) is 5.41 Å². The second-order valence-electron chi connectivity index (χ2n) is 9.56. The minimum atomic E-state index is -0.503. The minimum Gasteiger partial charge on any atom is -0.466 e. The van der Waals surface area contributed by atoms with Crippen LogP contribution in [0.15, 0.2) is 24.3 Å². The summed E-state index contributed by atoms with van der Waals surface area (Å²) < 4.78 is 15.1. The summed E-state index contributed by atoms with van der Waals surface area (Å²) in [6.45, 7) is 9.17. The smallest absolute Gasteiger partial charge is 0.410 e. The second kappa shape index (κ2) is 12.0. The molecule has 2 aliphatic rings. The number of hydrogen-bond donors (Lipinski definition) is 0. The number of carbonyl (C=O) groups is 3. The third kappa shape index (κ3) is 8.24. The Morgan fingerprint density at radius 3 is 2.18 bits per heavy atom. The first-order valence-electron chi connectivity index (χ1n) is 11.3. The molecule has 34 heavy (non-hydrogen) atoms. The minimum absolute atomic E-state index is 0.0256. The van der Waals surface area contributed by atoms with Gasteiger partial charge in [-0.25, -0.2) is 9.59 Å². The fraction of sp³-hybridized carbons (Fsp3) is 0.625. The zero-order chi connectivity index (χ0) is 25.5. The number of carbonyl (C=O) groups excluding carboxylic acids is 3. The molecule has 2 amide bonds. The Balaban J connectivity index is 0.000000430. The topological polar surface area (TPSA) is 85.4 Å². The van der Waals surface area contributed by atoms with E-state index in [1.807, 2.05) is 26.8 Å². The maximum absolute atomic E-state index is 12.0. The summed E-state index contributed by atoms with van der Waals surface area (Å²) >= 11 is 11.1. The third-order valence-electron chi connectivity index (χ3n) is 5.54. The summed E-state index contributed by atoms with van der Waals surface area (Å²) in [6.07, 6.45) is 1.02. The van der Waals surface area contributed by atoms with Gasteiger partial charge in [0.15, 0.2) is 0 Å². The molecule has 0 atom stereocenters. The van der Waals surface area contributed by atoms with Crippen molar-refractivity contribution in [3.63, 3.8) is 0 Å². The Bertz CT molecular complexity index is 842. The summed E-state index contributed by atoms with van der Waals surface area (Å²) in [5.41, 5.74) is -0.450. The van der Waals surface area contributed by atoms with Crippen LogP contribution in [-0.2, 0) is 19.0 Å². The number of rotatable bonds is 5. The fourth-order valence-electron chi connectivity index (χ4n) is 4.08. The summed E-state index contributed by atoms with van der Waals surface area (Å²) in [5.74, 6) is -0.324. The first-order valence-corrected chi connectivity index (χ1v) is 12.0. The van der Waals surface area contributed by atoms with Crippen molar-refractivity contribution < 1.29 is 28.6 Å². The molecule has 2 fully saturated rings. The average Bonchev–Trinajstić information content (AvgIpc) is 2.66. The lowest BCUT2D eigenvalue weighted by Crippen LogP contribution is -2.68. The van der Waals surface area contributed by atoms with Gasteiger partial charge >= 0.3 is 18.2 Å². The van der Waals surface area contributed by atoms with Crippen LogP contribution in [0, 0.1) is 5.41 Å². The predicted octanol–water partition coefficient (Wildman–Crippen LogP) is 5.40. The molecule has 3 rings (SSSR count). The fourth-order valence-corrected chi connectivity index (χ4v) is 4.52. The van der Waals surface area contributed by atoms with E-state index in [2.05, 4.69) is 0 Å². The van der Waals surface area contributed by atoms with E-state index in [1.165, 1.54) is 7.11 Å². The zero-order valence-electron chi connectivity index (χ0n) is 20.4.